The molecule has 25 heavy (non-hydrogen) atoms. The summed E-state index contributed by atoms with van der Waals surface area (Å²) >= 11 is 0. The van der Waals surface area contributed by atoms with Crippen LogP contribution in [0.25, 0.3) is 11.0 Å². The van der Waals surface area contributed by atoms with Crippen molar-refractivity contribution in [3.8, 4) is 11.5 Å². The molecule has 7 heteroatoms. The number of hydrogen-bond acceptors (Lipinski definition) is 5. The Kier molecular flexibility index (Phi) is 2.79. The first-order chi connectivity index (χ1) is 12.2. The molecule has 2 amide bonds. The zero-order chi connectivity index (χ0) is 17.0. The maximum Gasteiger partial charge on any atom is 0.344 e. The number of amides is 2. The Hall–Kier alpha value is -3.48. The quantitative estimate of drug-likeness (QED) is 0.667. The number of carbonyl (C=O) groups excluding carboxylic acids is 1. The second-order valence-corrected chi connectivity index (χ2v) is 5.82. The summed E-state index contributed by atoms with van der Waals surface area (Å²) in [6, 6.07) is 11.4. The Bertz CT molecular complexity index is 1090. The summed E-state index contributed by atoms with van der Waals surface area (Å²) in [5.41, 5.74) is 1.47. The number of urea groups is 1. The lowest BCUT2D eigenvalue weighted by Gasteiger charge is -2.27. The Morgan fingerprint density at radius 2 is 1.84 bits per heavy atom. The molecule has 0 radical (unpaired) electrons. The molecule has 2 aliphatic rings. The molecule has 0 bridgehead atoms. The van der Waals surface area contributed by atoms with E-state index in [1.54, 1.807) is 36.4 Å². The molecule has 0 spiro atoms. The van der Waals surface area contributed by atoms with Crippen molar-refractivity contribution in [2.45, 2.75) is 6.04 Å². The number of nitrogens with one attached hydrogen (secondary N) is 2. The first-order valence-electron chi connectivity index (χ1n) is 7.73. The first kappa shape index (κ1) is 13.9. The van der Waals surface area contributed by atoms with Crippen molar-refractivity contribution in [3.63, 3.8) is 0 Å². The van der Waals surface area contributed by atoms with Crippen LogP contribution in [0.3, 0.4) is 0 Å². The van der Waals surface area contributed by atoms with Gasteiger partial charge in [-0.2, -0.15) is 0 Å². The van der Waals surface area contributed by atoms with E-state index in [0.717, 1.165) is 0 Å². The third kappa shape index (κ3) is 2.06. The molecule has 7 nitrogen and oxygen atoms in total. The van der Waals surface area contributed by atoms with Crippen LogP contribution in [0.15, 0.2) is 51.7 Å². The van der Waals surface area contributed by atoms with E-state index in [9.17, 15) is 9.59 Å². The summed E-state index contributed by atoms with van der Waals surface area (Å²) in [5.74, 6) is 1.21. The van der Waals surface area contributed by atoms with Gasteiger partial charge in [0.1, 0.15) is 5.58 Å². The molecule has 0 saturated carbocycles. The average molecular weight is 336 g/mol. The number of fused-ring (bicyclic) bond motifs is 4. The van der Waals surface area contributed by atoms with Gasteiger partial charge in [-0.15, -0.1) is 0 Å². The van der Waals surface area contributed by atoms with Crippen LogP contribution in [-0.2, 0) is 0 Å². The summed E-state index contributed by atoms with van der Waals surface area (Å²) in [4.78, 5) is 24.8. The largest absolute Gasteiger partial charge is 0.454 e. The smallest absolute Gasteiger partial charge is 0.344 e. The van der Waals surface area contributed by atoms with Gasteiger partial charge in [0.05, 0.1) is 17.3 Å². The molecule has 2 N–H and O–H groups in total. The maximum absolute atomic E-state index is 12.6. The summed E-state index contributed by atoms with van der Waals surface area (Å²) in [6.07, 6.45) is 0. The molecule has 124 valence electrons. The van der Waals surface area contributed by atoms with Crippen molar-refractivity contribution in [3.05, 3.63) is 64.0 Å². The van der Waals surface area contributed by atoms with Crippen LogP contribution in [0, 0.1) is 0 Å². The normalized spacial score (nSPS) is 17.8. The predicted molar refractivity (Wildman–Crippen MR) is 89.0 cm³/mol. The van der Waals surface area contributed by atoms with Crippen LogP contribution in [0.4, 0.5) is 10.5 Å². The highest BCUT2D eigenvalue weighted by Crippen LogP contribution is 2.39. The number of ether oxygens (including phenoxy) is 2. The van der Waals surface area contributed by atoms with E-state index in [4.69, 9.17) is 13.9 Å². The van der Waals surface area contributed by atoms with Crippen LogP contribution in [0.5, 0.6) is 11.5 Å². The third-order valence-electron chi connectivity index (χ3n) is 4.38. The molecule has 0 saturated heterocycles. The number of anilines is 1. The van der Waals surface area contributed by atoms with Crippen molar-refractivity contribution >= 4 is 22.7 Å². The van der Waals surface area contributed by atoms with Crippen LogP contribution in [0.1, 0.15) is 17.2 Å². The highest BCUT2D eigenvalue weighted by molar-refractivity contribution is 6.03. The second kappa shape index (κ2) is 5.01. The lowest BCUT2D eigenvalue weighted by atomic mass is 9.95. The molecule has 1 atom stereocenters. The van der Waals surface area contributed by atoms with E-state index >= 15 is 0 Å². The molecule has 3 aromatic rings. The summed E-state index contributed by atoms with van der Waals surface area (Å²) in [7, 11) is 0. The van der Waals surface area contributed by atoms with Gasteiger partial charge >= 0.3 is 11.7 Å². The van der Waals surface area contributed by atoms with Crippen molar-refractivity contribution in [1.82, 2.24) is 5.32 Å². The number of benzene rings is 2. The fourth-order valence-corrected chi connectivity index (χ4v) is 3.26. The van der Waals surface area contributed by atoms with E-state index in [-0.39, 0.29) is 12.8 Å². The van der Waals surface area contributed by atoms with E-state index in [1.165, 1.54) is 0 Å². The molecule has 0 aliphatic carbocycles. The van der Waals surface area contributed by atoms with Gasteiger partial charge in [-0.1, -0.05) is 18.2 Å². The van der Waals surface area contributed by atoms with Gasteiger partial charge in [0.15, 0.2) is 11.5 Å². The SMILES string of the molecule is O=C1Nc2c(c(=O)oc3ccccc23)C(c2ccc3c(c2)OCO3)N1. The van der Waals surface area contributed by atoms with Gasteiger partial charge in [0.25, 0.3) is 0 Å². The minimum absolute atomic E-state index is 0.154. The van der Waals surface area contributed by atoms with Gasteiger partial charge in [0.2, 0.25) is 6.79 Å². The lowest BCUT2D eigenvalue weighted by molar-refractivity contribution is 0.174. The Balaban J connectivity index is 1.75. The van der Waals surface area contributed by atoms with Crippen molar-refractivity contribution in [2.75, 3.05) is 12.1 Å². The molecule has 3 heterocycles. The average Bonchev–Trinajstić information content (AvgIpc) is 3.08. The summed E-state index contributed by atoms with van der Waals surface area (Å²) in [5, 5.41) is 6.19. The van der Waals surface area contributed by atoms with Gasteiger partial charge in [-0.05, 0) is 29.8 Å². The molecular weight excluding hydrogens is 324 g/mol. The van der Waals surface area contributed by atoms with E-state index in [1.807, 2.05) is 6.07 Å². The van der Waals surface area contributed by atoms with Gasteiger partial charge in [0, 0.05) is 5.39 Å². The Morgan fingerprint density at radius 1 is 1.00 bits per heavy atom. The number of hydrogen-bond donors (Lipinski definition) is 2. The van der Waals surface area contributed by atoms with E-state index in [0.29, 0.717) is 39.3 Å². The van der Waals surface area contributed by atoms with Crippen LogP contribution < -0.4 is 25.7 Å². The van der Waals surface area contributed by atoms with Gasteiger partial charge < -0.3 is 24.5 Å². The minimum atomic E-state index is -0.640. The van der Waals surface area contributed by atoms with Crippen molar-refractivity contribution < 1.29 is 18.7 Å². The van der Waals surface area contributed by atoms with E-state index in [2.05, 4.69) is 10.6 Å². The first-order valence-corrected chi connectivity index (χ1v) is 7.73. The minimum Gasteiger partial charge on any atom is -0.454 e. The van der Waals surface area contributed by atoms with Crippen LogP contribution in [0.2, 0.25) is 0 Å². The van der Waals surface area contributed by atoms with Gasteiger partial charge in [-0.25, -0.2) is 9.59 Å². The van der Waals surface area contributed by atoms with Crippen molar-refractivity contribution in [2.24, 2.45) is 0 Å². The number of rotatable bonds is 1. The molecular formula is C18H12N2O5. The predicted octanol–water partition coefficient (Wildman–Crippen LogP) is 2.75. The molecule has 0 fully saturated rings. The standard InChI is InChI=1S/C18H12N2O5/c21-17-14-15(9-5-6-12-13(7-9)24-8-23-12)19-18(22)20-16(14)10-3-1-2-4-11(10)25-17/h1-7,15H,8H2,(H2,19,20,22). The maximum atomic E-state index is 12.6. The topological polar surface area (TPSA) is 89.8 Å². The van der Waals surface area contributed by atoms with E-state index < -0.39 is 11.7 Å². The number of carbonyl (C=O) groups is 1. The van der Waals surface area contributed by atoms with Crippen molar-refractivity contribution in [1.29, 1.82) is 0 Å². The third-order valence-corrected chi connectivity index (χ3v) is 4.38. The molecule has 1 unspecified atom stereocenters. The molecule has 2 aromatic carbocycles. The number of para-hydroxylation sites is 1. The zero-order valence-electron chi connectivity index (χ0n) is 12.9. The highest BCUT2D eigenvalue weighted by Gasteiger charge is 2.32. The lowest BCUT2D eigenvalue weighted by Crippen LogP contribution is -2.41. The van der Waals surface area contributed by atoms with Gasteiger partial charge in [-0.3, -0.25) is 0 Å². The second-order valence-electron chi connectivity index (χ2n) is 5.82. The fourth-order valence-electron chi connectivity index (χ4n) is 3.26. The van der Waals surface area contributed by atoms with Crippen LogP contribution >= 0.6 is 0 Å². The Morgan fingerprint density at radius 3 is 2.76 bits per heavy atom. The molecule has 5 rings (SSSR count). The molecule has 2 aliphatic heterocycles. The molecule has 1 aromatic heterocycles. The fraction of sp³-hybridized carbons (Fsp3) is 0.111. The summed E-state index contributed by atoms with van der Waals surface area (Å²) in [6.45, 7) is 0.154. The van der Waals surface area contributed by atoms with Crippen LogP contribution in [-0.4, -0.2) is 12.8 Å². The highest BCUT2D eigenvalue weighted by atomic mass is 16.7. The zero-order valence-corrected chi connectivity index (χ0v) is 12.9. The Labute approximate surface area is 141 Å². The summed E-state index contributed by atoms with van der Waals surface area (Å²) < 4.78 is 16.1. The monoisotopic (exact) mass is 336 g/mol.